The first-order chi connectivity index (χ1) is 8.22. The summed E-state index contributed by atoms with van der Waals surface area (Å²) >= 11 is 0. The van der Waals surface area contributed by atoms with Crippen LogP contribution in [0, 0.1) is 6.92 Å². The SMILES string of the molecule is [CH2]CCCOC(=O)c1ccc(OC)c(OC)c1. The largest absolute Gasteiger partial charge is 0.493 e. The standard InChI is InChI=1S/C13H17O4/c1-4-5-8-17-13(14)10-6-7-11(15-2)12(9-10)16-3/h6-7,9H,1,4-5,8H2,2-3H3. The molecule has 0 saturated heterocycles. The lowest BCUT2D eigenvalue weighted by Crippen LogP contribution is -2.06. The van der Waals surface area contributed by atoms with Crippen molar-refractivity contribution in [3.05, 3.63) is 30.7 Å². The van der Waals surface area contributed by atoms with Crippen LogP contribution >= 0.6 is 0 Å². The van der Waals surface area contributed by atoms with Gasteiger partial charge in [-0.1, -0.05) is 13.3 Å². The lowest BCUT2D eigenvalue weighted by atomic mass is 10.2. The molecule has 1 aromatic rings. The number of methoxy groups -OCH3 is 2. The molecule has 0 aromatic heterocycles. The molecule has 1 aromatic carbocycles. The lowest BCUT2D eigenvalue weighted by molar-refractivity contribution is 0.0501. The summed E-state index contributed by atoms with van der Waals surface area (Å²) in [6.07, 6.45) is 1.51. The number of unbranched alkanes of at least 4 members (excludes halogenated alkanes) is 1. The quantitative estimate of drug-likeness (QED) is 0.563. The second-order valence-corrected chi connectivity index (χ2v) is 3.41. The predicted molar refractivity (Wildman–Crippen MR) is 64.4 cm³/mol. The van der Waals surface area contributed by atoms with Gasteiger partial charge in [0, 0.05) is 0 Å². The van der Waals surface area contributed by atoms with E-state index in [1.807, 2.05) is 0 Å². The van der Waals surface area contributed by atoms with Gasteiger partial charge in [0.2, 0.25) is 0 Å². The first kappa shape index (κ1) is 13.4. The Hall–Kier alpha value is -1.71. The summed E-state index contributed by atoms with van der Waals surface area (Å²) < 4.78 is 15.3. The number of hydrogen-bond acceptors (Lipinski definition) is 4. The van der Waals surface area contributed by atoms with Gasteiger partial charge in [0.15, 0.2) is 11.5 Å². The topological polar surface area (TPSA) is 44.8 Å². The molecule has 0 N–H and O–H groups in total. The van der Waals surface area contributed by atoms with E-state index in [0.29, 0.717) is 23.7 Å². The van der Waals surface area contributed by atoms with Crippen LogP contribution in [0.15, 0.2) is 18.2 Å². The molecular weight excluding hydrogens is 220 g/mol. The van der Waals surface area contributed by atoms with Gasteiger partial charge in [0.05, 0.1) is 26.4 Å². The second kappa shape index (κ2) is 6.78. The fourth-order valence-electron chi connectivity index (χ4n) is 1.31. The Labute approximate surface area is 101 Å². The average Bonchev–Trinajstić information content (AvgIpc) is 2.38. The van der Waals surface area contributed by atoms with E-state index in [1.165, 1.54) is 7.11 Å². The highest BCUT2D eigenvalue weighted by atomic mass is 16.5. The maximum Gasteiger partial charge on any atom is 0.338 e. The van der Waals surface area contributed by atoms with Crippen molar-refractivity contribution in [2.24, 2.45) is 0 Å². The van der Waals surface area contributed by atoms with Crippen LogP contribution in [0.3, 0.4) is 0 Å². The Kier molecular flexibility index (Phi) is 5.33. The van der Waals surface area contributed by atoms with E-state index in [9.17, 15) is 4.79 Å². The molecule has 1 rings (SSSR count). The molecule has 4 heteroatoms. The first-order valence-electron chi connectivity index (χ1n) is 5.41. The molecule has 4 nitrogen and oxygen atoms in total. The molecule has 1 radical (unpaired) electrons. The zero-order valence-corrected chi connectivity index (χ0v) is 10.2. The monoisotopic (exact) mass is 237 g/mol. The van der Waals surface area contributed by atoms with E-state index in [4.69, 9.17) is 14.2 Å². The van der Waals surface area contributed by atoms with Crippen LogP contribution < -0.4 is 9.47 Å². The van der Waals surface area contributed by atoms with E-state index in [2.05, 4.69) is 6.92 Å². The van der Waals surface area contributed by atoms with E-state index >= 15 is 0 Å². The second-order valence-electron chi connectivity index (χ2n) is 3.41. The van der Waals surface area contributed by atoms with Crippen molar-refractivity contribution >= 4 is 5.97 Å². The van der Waals surface area contributed by atoms with Crippen LogP contribution in [-0.2, 0) is 4.74 Å². The van der Waals surface area contributed by atoms with Gasteiger partial charge < -0.3 is 14.2 Å². The Morgan fingerprint density at radius 3 is 2.53 bits per heavy atom. The molecule has 0 atom stereocenters. The molecule has 0 aliphatic rings. The number of hydrogen-bond donors (Lipinski definition) is 0. The molecule has 17 heavy (non-hydrogen) atoms. The van der Waals surface area contributed by atoms with Crippen molar-refractivity contribution < 1.29 is 19.0 Å². The molecular formula is C13H17O4. The third-order valence-corrected chi connectivity index (χ3v) is 2.25. The minimum Gasteiger partial charge on any atom is -0.493 e. The molecule has 0 heterocycles. The van der Waals surface area contributed by atoms with Crippen LogP contribution in [0.4, 0.5) is 0 Å². The normalized spacial score (nSPS) is 9.82. The van der Waals surface area contributed by atoms with Gasteiger partial charge in [0.1, 0.15) is 0 Å². The van der Waals surface area contributed by atoms with Crippen LogP contribution in [-0.4, -0.2) is 26.8 Å². The number of rotatable bonds is 6. The molecule has 0 saturated carbocycles. The van der Waals surface area contributed by atoms with Gasteiger partial charge in [-0.15, -0.1) is 0 Å². The van der Waals surface area contributed by atoms with E-state index in [0.717, 1.165) is 12.8 Å². The zero-order valence-electron chi connectivity index (χ0n) is 10.2. The van der Waals surface area contributed by atoms with Crippen molar-refractivity contribution in [2.45, 2.75) is 12.8 Å². The Balaban J connectivity index is 2.74. The third-order valence-electron chi connectivity index (χ3n) is 2.25. The van der Waals surface area contributed by atoms with Crippen LogP contribution in [0.2, 0.25) is 0 Å². The first-order valence-corrected chi connectivity index (χ1v) is 5.41. The maximum absolute atomic E-state index is 11.6. The summed E-state index contributed by atoms with van der Waals surface area (Å²) in [5.74, 6) is 0.736. The average molecular weight is 237 g/mol. The molecule has 0 aliphatic heterocycles. The summed E-state index contributed by atoms with van der Waals surface area (Å²) in [6, 6.07) is 4.93. The van der Waals surface area contributed by atoms with E-state index < -0.39 is 0 Å². The molecule has 0 fully saturated rings. The minimum absolute atomic E-state index is 0.362. The highest BCUT2D eigenvalue weighted by Crippen LogP contribution is 2.27. The fourth-order valence-corrected chi connectivity index (χ4v) is 1.31. The fraction of sp³-hybridized carbons (Fsp3) is 0.385. The van der Waals surface area contributed by atoms with Gasteiger partial charge in [-0.3, -0.25) is 0 Å². The van der Waals surface area contributed by atoms with Gasteiger partial charge >= 0.3 is 5.97 Å². The van der Waals surface area contributed by atoms with E-state index in [1.54, 1.807) is 25.3 Å². The van der Waals surface area contributed by atoms with E-state index in [-0.39, 0.29) is 5.97 Å². The Morgan fingerprint density at radius 1 is 1.24 bits per heavy atom. The lowest BCUT2D eigenvalue weighted by Gasteiger charge is -2.09. The summed E-state index contributed by atoms with van der Waals surface area (Å²) in [5, 5.41) is 0. The molecule has 93 valence electrons. The number of benzene rings is 1. The summed E-state index contributed by atoms with van der Waals surface area (Å²) in [6.45, 7) is 4.06. The van der Waals surface area contributed by atoms with Crippen molar-refractivity contribution in [1.29, 1.82) is 0 Å². The summed E-state index contributed by atoms with van der Waals surface area (Å²) in [4.78, 5) is 11.6. The molecule has 0 spiro atoms. The van der Waals surface area contributed by atoms with Crippen molar-refractivity contribution in [1.82, 2.24) is 0 Å². The zero-order chi connectivity index (χ0) is 12.7. The van der Waals surface area contributed by atoms with Crippen LogP contribution in [0.25, 0.3) is 0 Å². The highest BCUT2D eigenvalue weighted by molar-refractivity contribution is 5.90. The summed E-state index contributed by atoms with van der Waals surface area (Å²) in [7, 11) is 3.07. The van der Waals surface area contributed by atoms with Crippen LogP contribution in [0.1, 0.15) is 23.2 Å². The summed E-state index contributed by atoms with van der Waals surface area (Å²) in [5.41, 5.74) is 0.451. The number of ether oxygens (including phenoxy) is 3. The molecule has 0 bridgehead atoms. The predicted octanol–water partition coefficient (Wildman–Crippen LogP) is 2.47. The molecule has 0 amide bonds. The number of carbonyl (C=O) groups is 1. The van der Waals surface area contributed by atoms with Gasteiger partial charge in [-0.25, -0.2) is 4.79 Å². The van der Waals surface area contributed by atoms with Crippen molar-refractivity contribution in [3.63, 3.8) is 0 Å². The van der Waals surface area contributed by atoms with Crippen molar-refractivity contribution in [2.75, 3.05) is 20.8 Å². The minimum atomic E-state index is -0.362. The highest BCUT2D eigenvalue weighted by Gasteiger charge is 2.11. The van der Waals surface area contributed by atoms with Gasteiger partial charge in [-0.05, 0) is 24.6 Å². The molecule has 0 unspecified atom stereocenters. The van der Waals surface area contributed by atoms with Crippen molar-refractivity contribution in [3.8, 4) is 11.5 Å². The Bertz CT molecular complexity index is 374. The van der Waals surface area contributed by atoms with Crippen LogP contribution in [0.5, 0.6) is 11.5 Å². The third kappa shape index (κ3) is 3.66. The van der Waals surface area contributed by atoms with Gasteiger partial charge in [-0.2, -0.15) is 0 Å². The maximum atomic E-state index is 11.6. The Morgan fingerprint density at radius 2 is 1.94 bits per heavy atom. The number of esters is 1. The van der Waals surface area contributed by atoms with Gasteiger partial charge in [0.25, 0.3) is 0 Å². The molecule has 0 aliphatic carbocycles. The number of carbonyl (C=O) groups excluding carboxylic acids is 1. The smallest absolute Gasteiger partial charge is 0.338 e.